The Morgan fingerprint density at radius 3 is 3.00 bits per heavy atom. The van der Waals surface area contributed by atoms with E-state index in [2.05, 4.69) is 20.2 Å². The number of nitrogens with zero attached hydrogens (tertiary/aromatic N) is 2. The molecule has 72 valence electrons. The van der Waals surface area contributed by atoms with Crippen molar-refractivity contribution in [2.24, 2.45) is 0 Å². The second-order valence-corrected chi connectivity index (χ2v) is 2.45. The Labute approximate surface area is 75.3 Å². The van der Waals surface area contributed by atoms with Crippen molar-refractivity contribution in [1.29, 1.82) is 0 Å². The van der Waals surface area contributed by atoms with Crippen molar-refractivity contribution in [3.63, 3.8) is 0 Å². The van der Waals surface area contributed by atoms with E-state index < -0.39 is 0 Å². The summed E-state index contributed by atoms with van der Waals surface area (Å²) in [6.07, 6.45) is 0. The highest BCUT2D eigenvalue weighted by Gasteiger charge is 2.04. The normalized spacial score (nSPS) is 10.0. The fraction of sp³-hybridized carbons (Fsp3) is 0.571. The van der Waals surface area contributed by atoms with Gasteiger partial charge in [0.25, 0.3) is 0 Å². The molecule has 0 bridgehead atoms. The number of nitrogens with one attached hydrogen (secondary N) is 1. The zero-order chi connectivity index (χ0) is 9.68. The van der Waals surface area contributed by atoms with Crippen LogP contribution in [0.1, 0.15) is 11.7 Å². The molecule has 6 nitrogen and oxygen atoms in total. The van der Waals surface area contributed by atoms with E-state index in [1.165, 1.54) is 7.11 Å². The first-order chi connectivity index (χ1) is 6.22. The Hall–Kier alpha value is -1.43. The molecule has 0 aliphatic carbocycles. The summed E-state index contributed by atoms with van der Waals surface area (Å²) in [7, 11) is 1.45. The van der Waals surface area contributed by atoms with Crippen LogP contribution in [0, 0.1) is 6.92 Å². The second-order valence-electron chi connectivity index (χ2n) is 2.45. The van der Waals surface area contributed by atoms with Gasteiger partial charge in [0, 0.05) is 7.11 Å². The highest BCUT2D eigenvalue weighted by Crippen LogP contribution is 1.93. The number of carbonyl (C=O) groups excluding carboxylic acids is 1. The summed E-state index contributed by atoms with van der Waals surface area (Å²) in [5.41, 5.74) is 0. The van der Waals surface area contributed by atoms with E-state index >= 15 is 0 Å². The van der Waals surface area contributed by atoms with E-state index in [-0.39, 0.29) is 19.1 Å². The molecule has 13 heavy (non-hydrogen) atoms. The molecule has 1 rings (SSSR count). The fourth-order valence-corrected chi connectivity index (χ4v) is 0.768. The van der Waals surface area contributed by atoms with Crippen LogP contribution >= 0.6 is 0 Å². The Morgan fingerprint density at radius 2 is 2.46 bits per heavy atom. The largest absolute Gasteiger partial charge is 0.375 e. The van der Waals surface area contributed by atoms with Crippen molar-refractivity contribution in [2.75, 3.05) is 13.7 Å². The van der Waals surface area contributed by atoms with Crippen molar-refractivity contribution < 1.29 is 14.1 Å². The molecule has 1 aromatic heterocycles. The molecule has 0 saturated heterocycles. The molecular formula is C7H11N3O3. The molecule has 6 heteroatoms. The molecular weight excluding hydrogens is 174 g/mol. The molecule has 1 heterocycles. The number of methoxy groups -OCH3 is 1. The van der Waals surface area contributed by atoms with Gasteiger partial charge in [0.05, 0.1) is 6.54 Å². The van der Waals surface area contributed by atoms with Gasteiger partial charge in [0.2, 0.25) is 11.8 Å². The van der Waals surface area contributed by atoms with E-state index in [0.29, 0.717) is 11.7 Å². The molecule has 0 radical (unpaired) electrons. The van der Waals surface area contributed by atoms with Gasteiger partial charge in [-0.1, -0.05) is 5.16 Å². The van der Waals surface area contributed by atoms with E-state index in [9.17, 15) is 4.79 Å². The van der Waals surface area contributed by atoms with Gasteiger partial charge >= 0.3 is 0 Å². The monoisotopic (exact) mass is 185 g/mol. The molecule has 0 aliphatic heterocycles. The zero-order valence-electron chi connectivity index (χ0n) is 7.53. The summed E-state index contributed by atoms with van der Waals surface area (Å²) < 4.78 is 9.39. The fourth-order valence-electron chi connectivity index (χ4n) is 0.768. The molecule has 1 aromatic rings. The number of aromatic nitrogens is 2. The van der Waals surface area contributed by atoms with Crippen LogP contribution in [0.2, 0.25) is 0 Å². The van der Waals surface area contributed by atoms with E-state index in [1.54, 1.807) is 6.92 Å². The average Bonchev–Trinajstić information content (AvgIpc) is 2.49. The topological polar surface area (TPSA) is 77.2 Å². The number of ether oxygens (including phenoxy) is 1. The minimum absolute atomic E-state index is 0.0348. The smallest absolute Gasteiger partial charge is 0.246 e. The van der Waals surface area contributed by atoms with Gasteiger partial charge in [0.1, 0.15) is 6.61 Å². The molecule has 0 unspecified atom stereocenters. The summed E-state index contributed by atoms with van der Waals surface area (Å²) in [6.45, 7) is 1.99. The first-order valence-electron chi connectivity index (χ1n) is 3.77. The lowest BCUT2D eigenvalue weighted by molar-refractivity contribution is -0.125. The first-order valence-corrected chi connectivity index (χ1v) is 3.77. The summed E-state index contributed by atoms with van der Waals surface area (Å²) in [5, 5.41) is 6.12. The molecule has 0 spiro atoms. The summed E-state index contributed by atoms with van der Waals surface area (Å²) in [5.74, 6) is 0.733. The summed E-state index contributed by atoms with van der Waals surface area (Å²) in [6, 6.07) is 0. The van der Waals surface area contributed by atoms with Crippen LogP contribution in [0.4, 0.5) is 0 Å². The molecule has 1 N–H and O–H groups in total. The van der Waals surface area contributed by atoms with Crippen LogP contribution < -0.4 is 5.32 Å². The van der Waals surface area contributed by atoms with Crippen molar-refractivity contribution in [2.45, 2.75) is 13.5 Å². The van der Waals surface area contributed by atoms with Crippen LogP contribution in [0.5, 0.6) is 0 Å². The highest BCUT2D eigenvalue weighted by atomic mass is 16.5. The number of amides is 1. The van der Waals surface area contributed by atoms with Crippen LogP contribution in [0.3, 0.4) is 0 Å². The quantitative estimate of drug-likeness (QED) is 0.693. The maximum Gasteiger partial charge on any atom is 0.246 e. The minimum atomic E-state index is -0.210. The number of hydrogen-bond acceptors (Lipinski definition) is 5. The van der Waals surface area contributed by atoms with Gasteiger partial charge in [0.15, 0.2) is 5.82 Å². The Balaban J connectivity index is 2.30. The predicted molar refractivity (Wildman–Crippen MR) is 42.8 cm³/mol. The van der Waals surface area contributed by atoms with Crippen molar-refractivity contribution in [3.05, 3.63) is 11.7 Å². The number of carbonyl (C=O) groups is 1. The van der Waals surface area contributed by atoms with Crippen molar-refractivity contribution >= 4 is 5.91 Å². The maximum atomic E-state index is 10.9. The van der Waals surface area contributed by atoms with E-state index in [1.807, 2.05) is 0 Å². The van der Waals surface area contributed by atoms with Gasteiger partial charge in [-0.25, -0.2) is 0 Å². The number of hydrogen-bond donors (Lipinski definition) is 1. The Morgan fingerprint density at radius 1 is 1.69 bits per heavy atom. The molecule has 0 fully saturated rings. The molecule has 0 saturated carbocycles. The predicted octanol–water partition coefficient (Wildman–Crippen LogP) is -0.359. The molecule has 0 aliphatic rings. The minimum Gasteiger partial charge on any atom is -0.375 e. The first kappa shape index (κ1) is 9.66. The van der Waals surface area contributed by atoms with Gasteiger partial charge in [-0.3, -0.25) is 4.79 Å². The third-order valence-corrected chi connectivity index (χ3v) is 1.28. The SMILES string of the molecule is COCC(=O)NCc1nc(C)no1. The number of aryl methyl sites for hydroxylation is 1. The van der Waals surface area contributed by atoms with Gasteiger partial charge in [-0.2, -0.15) is 4.98 Å². The Bertz CT molecular complexity index is 284. The van der Waals surface area contributed by atoms with Gasteiger partial charge in [-0.15, -0.1) is 0 Å². The average molecular weight is 185 g/mol. The summed E-state index contributed by atoms with van der Waals surface area (Å²) >= 11 is 0. The lowest BCUT2D eigenvalue weighted by atomic mass is 10.5. The molecule has 0 aromatic carbocycles. The standard InChI is InChI=1S/C7H11N3O3/c1-5-9-7(13-10-5)3-8-6(11)4-12-2/h3-4H2,1-2H3,(H,8,11). The van der Waals surface area contributed by atoms with E-state index in [4.69, 9.17) is 4.52 Å². The molecule has 1 amide bonds. The lowest BCUT2D eigenvalue weighted by Gasteiger charge is -1.99. The third kappa shape index (κ3) is 3.20. The van der Waals surface area contributed by atoms with Crippen LogP contribution in [-0.4, -0.2) is 29.8 Å². The van der Waals surface area contributed by atoms with Crippen molar-refractivity contribution in [3.8, 4) is 0 Å². The van der Waals surface area contributed by atoms with Gasteiger partial charge in [-0.05, 0) is 6.92 Å². The second kappa shape index (κ2) is 4.56. The van der Waals surface area contributed by atoms with Gasteiger partial charge < -0.3 is 14.6 Å². The van der Waals surface area contributed by atoms with Crippen LogP contribution in [-0.2, 0) is 16.1 Å². The van der Waals surface area contributed by atoms with Crippen LogP contribution in [0.25, 0.3) is 0 Å². The molecule has 0 atom stereocenters. The number of rotatable bonds is 4. The van der Waals surface area contributed by atoms with Crippen molar-refractivity contribution in [1.82, 2.24) is 15.5 Å². The summed E-state index contributed by atoms with van der Waals surface area (Å²) in [4.78, 5) is 14.8. The highest BCUT2D eigenvalue weighted by molar-refractivity contribution is 5.76. The van der Waals surface area contributed by atoms with E-state index in [0.717, 1.165) is 0 Å². The Kier molecular flexibility index (Phi) is 3.39. The third-order valence-electron chi connectivity index (χ3n) is 1.28. The lowest BCUT2D eigenvalue weighted by Crippen LogP contribution is -2.26. The maximum absolute atomic E-state index is 10.9. The zero-order valence-corrected chi connectivity index (χ0v) is 7.53. The van der Waals surface area contributed by atoms with Crippen LogP contribution in [0.15, 0.2) is 4.52 Å².